The van der Waals surface area contributed by atoms with Gasteiger partial charge in [-0.2, -0.15) is 0 Å². The standard InChI is InChI=1S/C19H30N2O2/c1-2-9-20-10-7-19(8-11-20)23-18-5-3-17(4-6-18)16-21-12-14-22-15-13-21/h3-6,19H,2,7-16H2,1H3. The van der Waals surface area contributed by atoms with Crippen LogP contribution in [0.25, 0.3) is 0 Å². The molecule has 2 fully saturated rings. The van der Waals surface area contributed by atoms with Crippen LogP contribution in [0.15, 0.2) is 24.3 Å². The van der Waals surface area contributed by atoms with E-state index in [0.29, 0.717) is 6.10 Å². The summed E-state index contributed by atoms with van der Waals surface area (Å²) in [5.74, 6) is 1.02. The van der Waals surface area contributed by atoms with E-state index in [1.807, 2.05) is 0 Å². The van der Waals surface area contributed by atoms with Gasteiger partial charge >= 0.3 is 0 Å². The second-order valence-electron chi connectivity index (χ2n) is 6.69. The maximum absolute atomic E-state index is 6.17. The van der Waals surface area contributed by atoms with E-state index in [-0.39, 0.29) is 0 Å². The Labute approximate surface area is 140 Å². The molecular formula is C19H30N2O2. The molecule has 4 heteroatoms. The van der Waals surface area contributed by atoms with Gasteiger partial charge in [0.1, 0.15) is 11.9 Å². The smallest absolute Gasteiger partial charge is 0.119 e. The normalized spacial score (nSPS) is 21.4. The molecule has 0 radical (unpaired) electrons. The van der Waals surface area contributed by atoms with Crippen molar-refractivity contribution in [1.82, 2.24) is 9.80 Å². The maximum Gasteiger partial charge on any atom is 0.119 e. The Morgan fingerprint density at radius 3 is 2.35 bits per heavy atom. The average Bonchev–Trinajstić information content (AvgIpc) is 2.60. The van der Waals surface area contributed by atoms with Gasteiger partial charge in [-0.1, -0.05) is 19.1 Å². The number of benzene rings is 1. The van der Waals surface area contributed by atoms with Crippen LogP contribution in [0.5, 0.6) is 5.75 Å². The van der Waals surface area contributed by atoms with Gasteiger partial charge in [-0.05, 0) is 43.5 Å². The van der Waals surface area contributed by atoms with Crippen LogP contribution < -0.4 is 4.74 Å². The molecule has 0 aliphatic carbocycles. The fourth-order valence-corrected chi connectivity index (χ4v) is 3.45. The van der Waals surface area contributed by atoms with E-state index >= 15 is 0 Å². The fourth-order valence-electron chi connectivity index (χ4n) is 3.45. The number of hydrogen-bond donors (Lipinski definition) is 0. The third-order valence-corrected chi connectivity index (χ3v) is 4.81. The van der Waals surface area contributed by atoms with Gasteiger partial charge in [0.05, 0.1) is 13.2 Å². The van der Waals surface area contributed by atoms with Gasteiger partial charge in [-0.25, -0.2) is 0 Å². The molecule has 2 aliphatic heterocycles. The van der Waals surface area contributed by atoms with Crippen LogP contribution in [0, 0.1) is 0 Å². The van der Waals surface area contributed by atoms with Crippen LogP contribution in [0.1, 0.15) is 31.7 Å². The Kier molecular flexibility index (Phi) is 6.31. The van der Waals surface area contributed by atoms with Crippen molar-refractivity contribution in [2.75, 3.05) is 45.9 Å². The zero-order valence-corrected chi connectivity index (χ0v) is 14.4. The first-order valence-corrected chi connectivity index (χ1v) is 9.11. The molecule has 2 saturated heterocycles. The van der Waals surface area contributed by atoms with E-state index in [0.717, 1.165) is 51.4 Å². The molecule has 0 saturated carbocycles. The lowest BCUT2D eigenvalue weighted by Gasteiger charge is -2.32. The highest BCUT2D eigenvalue weighted by Crippen LogP contribution is 2.20. The molecule has 4 nitrogen and oxygen atoms in total. The molecule has 128 valence electrons. The summed E-state index contributed by atoms with van der Waals surface area (Å²) in [6.45, 7) is 10.6. The number of morpholine rings is 1. The quantitative estimate of drug-likeness (QED) is 0.805. The third-order valence-electron chi connectivity index (χ3n) is 4.81. The van der Waals surface area contributed by atoms with Crippen LogP contribution in [0.3, 0.4) is 0 Å². The van der Waals surface area contributed by atoms with Gasteiger partial charge in [0, 0.05) is 32.7 Å². The Morgan fingerprint density at radius 2 is 1.70 bits per heavy atom. The Balaban J connectivity index is 1.44. The summed E-state index contributed by atoms with van der Waals surface area (Å²) < 4.78 is 11.6. The summed E-state index contributed by atoms with van der Waals surface area (Å²) in [5, 5.41) is 0. The lowest BCUT2D eigenvalue weighted by molar-refractivity contribution is 0.0341. The van der Waals surface area contributed by atoms with Crippen molar-refractivity contribution in [3.8, 4) is 5.75 Å². The summed E-state index contributed by atoms with van der Waals surface area (Å²) in [6, 6.07) is 8.68. The van der Waals surface area contributed by atoms with Crippen LogP contribution in [0.4, 0.5) is 0 Å². The zero-order valence-electron chi connectivity index (χ0n) is 14.4. The van der Waals surface area contributed by atoms with Gasteiger partial charge in [-0.15, -0.1) is 0 Å². The predicted octanol–water partition coefficient (Wildman–Crippen LogP) is 2.77. The molecule has 0 spiro atoms. The van der Waals surface area contributed by atoms with Crippen molar-refractivity contribution in [1.29, 1.82) is 0 Å². The molecule has 2 heterocycles. The van der Waals surface area contributed by atoms with E-state index < -0.39 is 0 Å². The molecule has 0 atom stereocenters. The highest BCUT2D eigenvalue weighted by Gasteiger charge is 2.19. The number of ether oxygens (including phenoxy) is 2. The van der Waals surface area contributed by atoms with Gasteiger partial charge in [0.15, 0.2) is 0 Å². The van der Waals surface area contributed by atoms with Crippen molar-refractivity contribution in [3.05, 3.63) is 29.8 Å². The number of likely N-dealkylation sites (tertiary alicyclic amines) is 1. The van der Waals surface area contributed by atoms with Crippen molar-refractivity contribution in [2.45, 2.75) is 38.8 Å². The average molecular weight is 318 g/mol. The summed E-state index contributed by atoms with van der Waals surface area (Å²) >= 11 is 0. The predicted molar refractivity (Wildman–Crippen MR) is 92.9 cm³/mol. The van der Waals surface area contributed by atoms with E-state index in [1.165, 1.54) is 31.6 Å². The zero-order chi connectivity index (χ0) is 15.9. The van der Waals surface area contributed by atoms with Crippen molar-refractivity contribution < 1.29 is 9.47 Å². The Bertz CT molecular complexity index is 449. The fraction of sp³-hybridized carbons (Fsp3) is 0.684. The first-order valence-electron chi connectivity index (χ1n) is 9.11. The molecular weight excluding hydrogens is 288 g/mol. The summed E-state index contributed by atoms with van der Waals surface area (Å²) in [4.78, 5) is 4.99. The minimum Gasteiger partial charge on any atom is -0.490 e. The molecule has 23 heavy (non-hydrogen) atoms. The van der Waals surface area contributed by atoms with Gasteiger partial charge in [0.2, 0.25) is 0 Å². The first-order chi connectivity index (χ1) is 11.3. The van der Waals surface area contributed by atoms with E-state index in [1.54, 1.807) is 0 Å². The van der Waals surface area contributed by atoms with Gasteiger partial charge in [-0.3, -0.25) is 4.90 Å². The molecule has 0 unspecified atom stereocenters. The van der Waals surface area contributed by atoms with Crippen LogP contribution in [-0.4, -0.2) is 61.8 Å². The monoisotopic (exact) mass is 318 g/mol. The minimum absolute atomic E-state index is 0.383. The van der Waals surface area contributed by atoms with Crippen LogP contribution >= 0.6 is 0 Å². The molecule has 0 bridgehead atoms. The minimum atomic E-state index is 0.383. The van der Waals surface area contributed by atoms with E-state index in [2.05, 4.69) is 41.0 Å². The first kappa shape index (κ1) is 16.7. The lowest BCUT2D eigenvalue weighted by atomic mass is 10.1. The second kappa shape index (κ2) is 8.67. The van der Waals surface area contributed by atoms with Crippen molar-refractivity contribution >= 4 is 0 Å². The number of hydrogen-bond acceptors (Lipinski definition) is 4. The summed E-state index contributed by atoms with van der Waals surface area (Å²) in [6.07, 6.45) is 3.93. The SMILES string of the molecule is CCCN1CCC(Oc2ccc(CN3CCOCC3)cc2)CC1. The molecule has 1 aromatic carbocycles. The van der Waals surface area contributed by atoms with E-state index in [4.69, 9.17) is 9.47 Å². The highest BCUT2D eigenvalue weighted by atomic mass is 16.5. The Morgan fingerprint density at radius 1 is 1.00 bits per heavy atom. The number of rotatable bonds is 6. The van der Waals surface area contributed by atoms with Crippen molar-refractivity contribution in [2.24, 2.45) is 0 Å². The van der Waals surface area contributed by atoms with Gasteiger partial charge < -0.3 is 14.4 Å². The molecule has 1 aromatic rings. The topological polar surface area (TPSA) is 24.9 Å². The molecule has 2 aliphatic rings. The summed E-state index contributed by atoms with van der Waals surface area (Å²) in [5.41, 5.74) is 1.36. The van der Waals surface area contributed by atoms with Crippen LogP contribution in [-0.2, 0) is 11.3 Å². The van der Waals surface area contributed by atoms with E-state index in [9.17, 15) is 0 Å². The van der Waals surface area contributed by atoms with Gasteiger partial charge in [0.25, 0.3) is 0 Å². The molecule has 0 N–H and O–H groups in total. The molecule has 3 rings (SSSR count). The maximum atomic E-state index is 6.17. The second-order valence-corrected chi connectivity index (χ2v) is 6.69. The Hall–Kier alpha value is -1.10. The molecule has 0 amide bonds. The summed E-state index contributed by atoms with van der Waals surface area (Å²) in [7, 11) is 0. The number of piperidine rings is 1. The largest absolute Gasteiger partial charge is 0.490 e. The van der Waals surface area contributed by atoms with Crippen LogP contribution in [0.2, 0.25) is 0 Å². The van der Waals surface area contributed by atoms with Crippen molar-refractivity contribution in [3.63, 3.8) is 0 Å². The lowest BCUT2D eigenvalue weighted by Crippen LogP contribution is -2.38. The third kappa shape index (κ3) is 5.20. The molecule has 0 aromatic heterocycles. The number of nitrogens with zero attached hydrogens (tertiary/aromatic N) is 2. The highest BCUT2D eigenvalue weighted by molar-refractivity contribution is 5.27.